The topological polar surface area (TPSA) is 129 Å². The van der Waals surface area contributed by atoms with Crippen LogP contribution in [0.2, 0.25) is 0 Å². The highest BCUT2D eigenvalue weighted by molar-refractivity contribution is 6.03. The van der Waals surface area contributed by atoms with Gasteiger partial charge in [0.2, 0.25) is 5.91 Å². The number of aromatic nitrogens is 3. The van der Waals surface area contributed by atoms with E-state index in [1.807, 2.05) is 0 Å². The summed E-state index contributed by atoms with van der Waals surface area (Å²) in [6.07, 6.45) is 5.37. The normalized spacial score (nSPS) is 22.4. The highest BCUT2D eigenvalue weighted by atomic mass is 16.2. The number of carbonyl (C=O) groups excluding carboxylic acids is 3. The van der Waals surface area contributed by atoms with Gasteiger partial charge in [-0.15, -0.1) is 0 Å². The number of nitrogens with one attached hydrogen (secondary N) is 4. The highest BCUT2D eigenvalue weighted by Crippen LogP contribution is 2.52. The third-order valence-corrected chi connectivity index (χ3v) is 6.54. The van der Waals surface area contributed by atoms with Gasteiger partial charge in [0.1, 0.15) is 5.69 Å². The van der Waals surface area contributed by atoms with Gasteiger partial charge >= 0.3 is 0 Å². The maximum atomic E-state index is 12.7. The number of aromatic amines is 1. The average Bonchev–Trinajstić information content (AvgIpc) is 3.55. The van der Waals surface area contributed by atoms with Crippen LogP contribution in [-0.2, 0) is 4.79 Å². The Morgan fingerprint density at radius 1 is 1.03 bits per heavy atom. The molecule has 0 spiro atoms. The Labute approximate surface area is 196 Å². The average molecular weight is 457 g/mol. The van der Waals surface area contributed by atoms with E-state index >= 15 is 0 Å². The Bertz CT molecular complexity index is 1250. The summed E-state index contributed by atoms with van der Waals surface area (Å²) in [6.45, 7) is 3.50. The summed E-state index contributed by atoms with van der Waals surface area (Å²) in [6, 6.07) is 13.7. The standard InChI is InChI=1S/C25H24N6O3/c1-2-22(32)30-25-12-16(13-25)21(14-25)29-23(33)15-6-8-17(9-7-15)27-24(34)20-5-3-4-18(28-20)19-10-11-26-31-19/h2-11,16,21H,1,12-14H2,(H,26,31)(H,27,34)(H,29,33)(H,30,32)/t16?,21-,25?/m1/s1. The second kappa shape index (κ2) is 8.58. The Kier molecular flexibility index (Phi) is 5.45. The lowest BCUT2D eigenvalue weighted by atomic mass is 9.76. The van der Waals surface area contributed by atoms with Gasteiger partial charge in [-0.2, -0.15) is 5.10 Å². The first-order valence-electron chi connectivity index (χ1n) is 11.1. The highest BCUT2D eigenvalue weighted by Gasteiger charge is 2.56. The lowest BCUT2D eigenvalue weighted by Gasteiger charge is -2.38. The molecule has 3 amide bonds. The van der Waals surface area contributed by atoms with Crippen LogP contribution in [0.5, 0.6) is 0 Å². The minimum absolute atomic E-state index is 0.0326. The molecule has 3 aromatic rings. The van der Waals surface area contributed by atoms with E-state index in [0.717, 1.165) is 25.0 Å². The van der Waals surface area contributed by atoms with Crippen LogP contribution >= 0.6 is 0 Å². The van der Waals surface area contributed by atoms with Crippen LogP contribution in [-0.4, -0.2) is 44.5 Å². The van der Waals surface area contributed by atoms with Crippen LogP contribution in [0.15, 0.2) is 67.4 Å². The number of amides is 3. The quantitative estimate of drug-likeness (QED) is 0.406. The summed E-state index contributed by atoms with van der Waals surface area (Å²) in [5.74, 6) is -0.324. The number of pyridine rings is 1. The summed E-state index contributed by atoms with van der Waals surface area (Å²) in [5, 5.41) is 15.6. The molecule has 2 aromatic heterocycles. The number of nitrogens with zero attached hydrogens (tertiary/aromatic N) is 2. The van der Waals surface area contributed by atoms with E-state index in [2.05, 4.69) is 37.7 Å². The van der Waals surface area contributed by atoms with Gasteiger partial charge in [-0.1, -0.05) is 12.6 Å². The minimum Gasteiger partial charge on any atom is -0.349 e. The Morgan fingerprint density at radius 3 is 2.53 bits per heavy atom. The van der Waals surface area contributed by atoms with Gasteiger partial charge in [0, 0.05) is 29.0 Å². The predicted octanol–water partition coefficient (Wildman–Crippen LogP) is 2.68. The second-order valence-corrected chi connectivity index (χ2v) is 8.84. The smallest absolute Gasteiger partial charge is 0.274 e. The van der Waals surface area contributed by atoms with Gasteiger partial charge < -0.3 is 16.0 Å². The van der Waals surface area contributed by atoms with Crippen molar-refractivity contribution in [3.63, 3.8) is 0 Å². The third-order valence-electron chi connectivity index (χ3n) is 6.54. The summed E-state index contributed by atoms with van der Waals surface area (Å²) in [5.41, 5.74) is 2.46. The number of benzene rings is 1. The van der Waals surface area contributed by atoms with Crippen LogP contribution in [0.4, 0.5) is 5.69 Å². The zero-order valence-corrected chi connectivity index (χ0v) is 18.4. The second-order valence-electron chi connectivity index (χ2n) is 8.84. The zero-order valence-electron chi connectivity index (χ0n) is 18.4. The molecule has 3 aliphatic rings. The van der Waals surface area contributed by atoms with Crippen molar-refractivity contribution in [3.05, 3.63) is 78.6 Å². The summed E-state index contributed by atoms with van der Waals surface area (Å²) < 4.78 is 0. The molecule has 6 rings (SSSR count). The van der Waals surface area contributed by atoms with Crippen molar-refractivity contribution >= 4 is 23.4 Å². The number of hydrogen-bond donors (Lipinski definition) is 4. The maximum absolute atomic E-state index is 12.7. The zero-order chi connectivity index (χ0) is 23.7. The predicted molar refractivity (Wildman–Crippen MR) is 126 cm³/mol. The molecule has 34 heavy (non-hydrogen) atoms. The fraction of sp³-hybridized carbons (Fsp3) is 0.240. The molecule has 1 aromatic carbocycles. The van der Waals surface area contributed by atoms with Gasteiger partial charge in [-0.05, 0) is 73.7 Å². The first-order valence-corrected chi connectivity index (χ1v) is 11.1. The molecule has 2 bridgehead atoms. The molecular weight excluding hydrogens is 432 g/mol. The van der Waals surface area contributed by atoms with Crippen molar-refractivity contribution in [2.24, 2.45) is 5.92 Å². The SMILES string of the molecule is C=CC(=O)NC12CC(C1)[C@H](NC(=O)c1ccc(NC(=O)c3cccc(-c4ccn[nH]4)n3)cc1)C2. The molecule has 9 heteroatoms. The van der Waals surface area contributed by atoms with Gasteiger partial charge in [-0.3, -0.25) is 19.5 Å². The largest absolute Gasteiger partial charge is 0.349 e. The molecule has 3 aliphatic carbocycles. The van der Waals surface area contributed by atoms with Gasteiger partial charge in [-0.25, -0.2) is 4.98 Å². The first kappa shape index (κ1) is 21.6. The van der Waals surface area contributed by atoms with Crippen molar-refractivity contribution in [3.8, 4) is 11.4 Å². The Hall–Kier alpha value is -4.27. The molecule has 0 saturated heterocycles. The van der Waals surface area contributed by atoms with Crippen LogP contribution in [0.3, 0.4) is 0 Å². The van der Waals surface area contributed by atoms with Crippen LogP contribution in [0.1, 0.15) is 40.1 Å². The fourth-order valence-corrected chi connectivity index (χ4v) is 4.88. The van der Waals surface area contributed by atoms with E-state index in [1.165, 1.54) is 6.08 Å². The number of anilines is 1. The van der Waals surface area contributed by atoms with Crippen molar-refractivity contribution in [2.75, 3.05) is 5.32 Å². The number of hydrogen-bond acceptors (Lipinski definition) is 5. The van der Waals surface area contributed by atoms with Gasteiger partial charge in [0.15, 0.2) is 0 Å². The maximum Gasteiger partial charge on any atom is 0.274 e. The molecule has 172 valence electrons. The fourth-order valence-electron chi connectivity index (χ4n) is 4.88. The van der Waals surface area contributed by atoms with Crippen molar-refractivity contribution in [2.45, 2.75) is 30.8 Å². The van der Waals surface area contributed by atoms with E-state index in [-0.39, 0.29) is 35.0 Å². The van der Waals surface area contributed by atoms with Crippen LogP contribution in [0.25, 0.3) is 11.4 Å². The first-order chi connectivity index (χ1) is 16.4. The lowest BCUT2D eigenvalue weighted by molar-refractivity contribution is -0.119. The molecule has 2 heterocycles. The number of carbonyl (C=O) groups is 3. The Morgan fingerprint density at radius 2 is 1.82 bits per heavy atom. The number of fused-ring (bicyclic) bond motifs is 1. The molecule has 0 aliphatic heterocycles. The van der Waals surface area contributed by atoms with E-state index in [9.17, 15) is 14.4 Å². The third kappa shape index (κ3) is 4.19. The molecule has 0 radical (unpaired) electrons. The molecule has 3 fully saturated rings. The van der Waals surface area contributed by atoms with E-state index in [0.29, 0.717) is 22.9 Å². The van der Waals surface area contributed by atoms with Crippen molar-refractivity contribution in [1.82, 2.24) is 25.8 Å². The monoisotopic (exact) mass is 456 g/mol. The van der Waals surface area contributed by atoms with E-state index in [1.54, 1.807) is 54.7 Å². The molecule has 3 saturated carbocycles. The molecule has 4 N–H and O–H groups in total. The summed E-state index contributed by atoms with van der Waals surface area (Å²) in [4.78, 5) is 41.4. The number of rotatable bonds is 7. The van der Waals surface area contributed by atoms with E-state index in [4.69, 9.17) is 0 Å². The van der Waals surface area contributed by atoms with Gasteiger partial charge in [0.05, 0.1) is 11.4 Å². The van der Waals surface area contributed by atoms with Crippen LogP contribution in [0, 0.1) is 5.92 Å². The van der Waals surface area contributed by atoms with E-state index < -0.39 is 0 Å². The molecule has 1 atom stereocenters. The van der Waals surface area contributed by atoms with Crippen molar-refractivity contribution < 1.29 is 14.4 Å². The minimum atomic E-state index is -0.351. The molecule has 9 nitrogen and oxygen atoms in total. The molecule has 0 unspecified atom stereocenters. The van der Waals surface area contributed by atoms with Crippen LogP contribution < -0.4 is 16.0 Å². The summed E-state index contributed by atoms with van der Waals surface area (Å²) >= 11 is 0. The number of H-pyrrole nitrogens is 1. The lowest BCUT2D eigenvalue weighted by Crippen LogP contribution is -2.51. The van der Waals surface area contributed by atoms with Gasteiger partial charge in [0.25, 0.3) is 11.8 Å². The molecular formula is C25H24N6O3. The summed E-state index contributed by atoms with van der Waals surface area (Å²) in [7, 11) is 0. The van der Waals surface area contributed by atoms with Crippen molar-refractivity contribution in [1.29, 1.82) is 0 Å². The Balaban J connectivity index is 1.18.